The van der Waals surface area contributed by atoms with Gasteiger partial charge in [0.15, 0.2) is 0 Å². The number of hydrogen-bond donors (Lipinski definition) is 3. The van der Waals surface area contributed by atoms with Gasteiger partial charge < -0.3 is 20.7 Å². The largest absolute Gasteiger partial charge is 0.394 e. The SMILES string of the molecule is NC1CC(OCC(O)CO)C1. The highest BCUT2D eigenvalue weighted by atomic mass is 16.5. The number of aliphatic hydroxyl groups is 2. The molecule has 0 bridgehead atoms. The molecule has 4 nitrogen and oxygen atoms in total. The Morgan fingerprint density at radius 3 is 2.64 bits per heavy atom. The number of nitrogens with two attached hydrogens (primary N) is 1. The van der Waals surface area contributed by atoms with Crippen molar-refractivity contribution in [2.45, 2.75) is 31.1 Å². The third-order valence-corrected chi connectivity index (χ3v) is 1.87. The summed E-state index contributed by atoms with van der Waals surface area (Å²) in [6, 6.07) is 0.270. The molecule has 0 spiro atoms. The molecule has 1 fully saturated rings. The summed E-state index contributed by atoms with van der Waals surface area (Å²) in [7, 11) is 0. The Bertz CT molecular complexity index is 114. The highest BCUT2D eigenvalue weighted by Gasteiger charge is 2.26. The van der Waals surface area contributed by atoms with Gasteiger partial charge in [-0.1, -0.05) is 0 Å². The first-order valence-electron chi connectivity index (χ1n) is 3.88. The molecule has 0 aromatic carbocycles. The van der Waals surface area contributed by atoms with Crippen molar-refractivity contribution in [3.8, 4) is 0 Å². The van der Waals surface area contributed by atoms with Crippen molar-refractivity contribution in [2.24, 2.45) is 5.73 Å². The molecular formula is C7H15NO3. The van der Waals surface area contributed by atoms with E-state index in [1.165, 1.54) is 0 Å². The zero-order chi connectivity index (χ0) is 8.27. The fourth-order valence-electron chi connectivity index (χ4n) is 1.04. The van der Waals surface area contributed by atoms with Crippen molar-refractivity contribution in [1.29, 1.82) is 0 Å². The Morgan fingerprint density at radius 1 is 1.55 bits per heavy atom. The first-order chi connectivity index (χ1) is 5.22. The summed E-state index contributed by atoms with van der Waals surface area (Å²) in [4.78, 5) is 0. The lowest BCUT2D eigenvalue weighted by Gasteiger charge is -2.32. The Morgan fingerprint density at radius 2 is 2.18 bits per heavy atom. The quantitative estimate of drug-likeness (QED) is 0.486. The van der Waals surface area contributed by atoms with E-state index in [4.69, 9.17) is 20.7 Å². The average Bonchev–Trinajstić information content (AvgIpc) is 1.95. The maximum Gasteiger partial charge on any atom is 0.100 e. The maximum absolute atomic E-state index is 8.89. The maximum atomic E-state index is 8.89. The summed E-state index contributed by atoms with van der Waals surface area (Å²) in [6.45, 7) is -0.0212. The van der Waals surface area contributed by atoms with Crippen molar-refractivity contribution >= 4 is 0 Å². The van der Waals surface area contributed by atoms with Crippen LogP contribution in [0.15, 0.2) is 0 Å². The minimum absolute atomic E-state index is 0.200. The molecule has 1 saturated carbocycles. The third kappa shape index (κ3) is 2.75. The molecule has 1 aliphatic rings. The molecule has 1 aliphatic carbocycles. The van der Waals surface area contributed by atoms with Crippen LogP contribution in [-0.2, 0) is 4.74 Å². The van der Waals surface area contributed by atoms with Crippen LogP contribution in [0, 0.1) is 0 Å². The van der Waals surface area contributed by atoms with E-state index in [9.17, 15) is 0 Å². The molecule has 0 aliphatic heterocycles. The van der Waals surface area contributed by atoms with Crippen LogP contribution in [-0.4, -0.2) is 41.7 Å². The minimum Gasteiger partial charge on any atom is -0.394 e. The zero-order valence-electron chi connectivity index (χ0n) is 6.44. The molecular weight excluding hydrogens is 146 g/mol. The Balaban J connectivity index is 1.96. The van der Waals surface area contributed by atoms with Gasteiger partial charge in [0.1, 0.15) is 6.10 Å². The predicted molar refractivity (Wildman–Crippen MR) is 40.0 cm³/mol. The summed E-state index contributed by atoms with van der Waals surface area (Å²) in [5.41, 5.74) is 5.52. The smallest absolute Gasteiger partial charge is 0.100 e. The number of hydrogen-bond acceptors (Lipinski definition) is 4. The van der Waals surface area contributed by atoms with Crippen LogP contribution < -0.4 is 5.73 Å². The summed E-state index contributed by atoms with van der Waals surface area (Å²) >= 11 is 0. The van der Waals surface area contributed by atoms with Gasteiger partial charge in [0, 0.05) is 6.04 Å². The van der Waals surface area contributed by atoms with Gasteiger partial charge in [0.05, 0.1) is 19.3 Å². The van der Waals surface area contributed by atoms with Crippen LogP contribution in [0.25, 0.3) is 0 Å². The van der Waals surface area contributed by atoms with Gasteiger partial charge in [0.25, 0.3) is 0 Å². The first kappa shape index (κ1) is 8.93. The third-order valence-electron chi connectivity index (χ3n) is 1.87. The normalized spacial score (nSPS) is 33.0. The van der Waals surface area contributed by atoms with E-state index < -0.39 is 6.10 Å². The Hall–Kier alpha value is -0.160. The van der Waals surface area contributed by atoms with E-state index >= 15 is 0 Å². The molecule has 0 amide bonds. The van der Waals surface area contributed by atoms with Crippen molar-refractivity contribution in [1.82, 2.24) is 0 Å². The second kappa shape index (κ2) is 4.01. The molecule has 1 atom stereocenters. The topological polar surface area (TPSA) is 75.7 Å². The van der Waals surface area contributed by atoms with Crippen molar-refractivity contribution in [3.63, 3.8) is 0 Å². The molecule has 11 heavy (non-hydrogen) atoms. The molecule has 1 rings (SSSR count). The molecule has 4 N–H and O–H groups in total. The van der Waals surface area contributed by atoms with Gasteiger partial charge in [-0.15, -0.1) is 0 Å². The molecule has 0 heterocycles. The second-order valence-corrected chi connectivity index (χ2v) is 3.02. The fourth-order valence-corrected chi connectivity index (χ4v) is 1.04. The molecule has 0 aromatic rings. The molecule has 1 unspecified atom stereocenters. The van der Waals surface area contributed by atoms with Crippen LogP contribution in [0.2, 0.25) is 0 Å². The van der Waals surface area contributed by atoms with Gasteiger partial charge in [0.2, 0.25) is 0 Å². The van der Waals surface area contributed by atoms with Crippen molar-refractivity contribution in [3.05, 3.63) is 0 Å². The van der Waals surface area contributed by atoms with Gasteiger partial charge in [-0.3, -0.25) is 0 Å². The summed E-state index contributed by atoms with van der Waals surface area (Å²) < 4.78 is 5.21. The average molecular weight is 161 g/mol. The summed E-state index contributed by atoms with van der Waals surface area (Å²) in [5, 5.41) is 17.3. The van der Waals surface area contributed by atoms with Gasteiger partial charge >= 0.3 is 0 Å². The number of aliphatic hydroxyl groups excluding tert-OH is 2. The monoisotopic (exact) mass is 161 g/mol. The lowest BCUT2D eigenvalue weighted by molar-refractivity contribution is -0.0605. The lowest BCUT2D eigenvalue weighted by Crippen LogP contribution is -2.42. The van der Waals surface area contributed by atoms with Gasteiger partial charge in [-0.25, -0.2) is 0 Å². The molecule has 0 saturated heterocycles. The molecule has 66 valence electrons. The fraction of sp³-hybridized carbons (Fsp3) is 1.00. The molecule has 0 aromatic heterocycles. The second-order valence-electron chi connectivity index (χ2n) is 3.02. The standard InChI is InChI=1S/C7H15NO3/c8-5-1-7(2-5)11-4-6(10)3-9/h5-7,9-10H,1-4,8H2. The van der Waals surface area contributed by atoms with E-state index in [2.05, 4.69) is 0 Å². The van der Waals surface area contributed by atoms with E-state index in [0.717, 1.165) is 12.8 Å². The van der Waals surface area contributed by atoms with Crippen LogP contribution in [0.1, 0.15) is 12.8 Å². The summed E-state index contributed by atoms with van der Waals surface area (Å²) in [6.07, 6.45) is 1.20. The van der Waals surface area contributed by atoms with Crippen LogP contribution in [0.3, 0.4) is 0 Å². The molecule has 0 radical (unpaired) electrons. The van der Waals surface area contributed by atoms with E-state index in [-0.39, 0.29) is 25.4 Å². The van der Waals surface area contributed by atoms with E-state index in [1.54, 1.807) is 0 Å². The summed E-state index contributed by atoms with van der Waals surface area (Å²) in [5.74, 6) is 0. The Labute approximate surface area is 66.0 Å². The van der Waals surface area contributed by atoms with Crippen molar-refractivity contribution < 1.29 is 14.9 Å². The van der Waals surface area contributed by atoms with Gasteiger partial charge in [-0.2, -0.15) is 0 Å². The van der Waals surface area contributed by atoms with Gasteiger partial charge in [-0.05, 0) is 12.8 Å². The van der Waals surface area contributed by atoms with Crippen molar-refractivity contribution in [2.75, 3.05) is 13.2 Å². The Kier molecular flexibility index (Phi) is 3.26. The van der Waals surface area contributed by atoms with Crippen LogP contribution in [0.5, 0.6) is 0 Å². The minimum atomic E-state index is -0.744. The number of ether oxygens (including phenoxy) is 1. The van der Waals surface area contributed by atoms with E-state index in [0.29, 0.717) is 0 Å². The highest BCUT2D eigenvalue weighted by Crippen LogP contribution is 2.20. The highest BCUT2D eigenvalue weighted by molar-refractivity contribution is 4.82. The van der Waals surface area contributed by atoms with E-state index in [1.807, 2.05) is 0 Å². The number of rotatable bonds is 4. The first-order valence-corrected chi connectivity index (χ1v) is 3.88. The predicted octanol–water partition coefficient (Wildman–Crippen LogP) is -1.15. The molecule has 4 heteroatoms. The zero-order valence-corrected chi connectivity index (χ0v) is 6.44. The van der Waals surface area contributed by atoms with Crippen LogP contribution >= 0.6 is 0 Å². The van der Waals surface area contributed by atoms with Crippen LogP contribution in [0.4, 0.5) is 0 Å². The lowest BCUT2D eigenvalue weighted by atomic mass is 9.90.